The molecule has 3 aromatic rings. The second kappa shape index (κ2) is 10.9. The lowest BCUT2D eigenvalue weighted by atomic mass is 10.1. The zero-order valence-electron chi connectivity index (χ0n) is 16.4. The van der Waals surface area contributed by atoms with Crippen molar-refractivity contribution in [2.75, 3.05) is 6.61 Å². The maximum absolute atomic E-state index is 10.7. The minimum Gasteiger partial charge on any atom is -0.490 e. The third-order valence-corrected chi connectivity index (χ3v) is 4.60. The van der Waals surface area contributed by atoms with Crippen LogP contribution in [0.3, 0.4) is 0 Å². The highest BCUT2D eigenvalue weighted by atomic mass is 16.5. The van der Waals surface area contributed by atoms with Crippen molar-refractivity contribution in [1.29, 1.82) is 0 Å². The Labute approximate surface area is 171 Å². The first kappa shape index (κ1) is 20.5. The van der Waals surface area contributed by atoms with Crippen LogP contribution < -0.4 is 9.47 Å². The number of hydrogen-bond acceptors (Lipinski definition) is 3. The molecule has 150 valence electrons. The fourth-order valence-corrected chi connectivity index (χ4v) is 3.01. The van der Waals surface area contributed by atoms with Crippen LogP contribution in [0.2, 0.25) is 0 Å². The van der Waals surface area contributed by atoms with Crippen LogP contribution in [-0.4, -0.2) is 17.7 Å². The van der Waals surface area contributed by atoms with E-state index in [2.05, 4.69) is 24.3 Å². The van der Waals surface area contributed by atoms with Crippen molar-refractivity contribution in [3.63, 3.8) is 0 Å². The van der Waals surface area contributed by atoms with Gasteiger partial charge in [0.25, 0.3) is 0 Å². The van der Waals surface area contributed by atoms with E-state index in [0.717, 1.165) is 35.5 Å². The standard InChI is InChI=1S/C25H26O4/c26-25(27)17-16-21-12-14-22(15-13-21)19-29-24-11-5-4-10-23(24)28-18-6-9-20-7-2-1-3-8-20/h1-5,7-8,10-15H,6,9,16-19H2,(H,26,27). The number of hydrogen-bond donors (Lipinski definition) is 1. The quantitative estimate of drug-likeness (QED) is 0.452. The Hall–Kier alpha value is -3.27. The highest BCUT2D eigenvalue weighted by Crippen LogP contribution is 2.27. The number of carboxylic acids is 1. The molecule has 3 rings (SSSR count). The highest BCUT2D eigenvalue weighted by molar-refractivity contribution is 5.67. The van der Waals surface area contributed by atoms with Gasteiger partial charge in [0.2, 0.25) is 0 Å². The minimum absolute atomic E-state index is 0.144. The number of aryl methyl sites for hydroxylation is 2. The van der Waals surface area contributed by atoms with Gasteiger partial charge in [0.05, 0.1) is 6.61 Å². The SMILES string of the molecule is O=C(O)CCc1ccc(COc2ccccc2OCCCc2ccccc2)cc1. The minimum atomic E-state index is -0.780. The molecule has 0 aliphatic carbocycles. The largest absolute Gasteiger partial charge is 0.490 e. The Kier molecular flexibility index (Phi) is 7.70. The normalized spacial score (nSPS) is 10.5. The van der Waals surface area contributed by atoms with Gasteiger partial charge < -0.3 is 14.6 Å². The van der Waals surface area contributed by atoms with Crippen molar-refractivity contribution >= 4 is 5.97 Å². The number of carbonyl (C=O) groups is 1. The monoisotopic (exact) mass is 390 g/mol. The molecule has 3 aromatic carbocycles. The molecule has 0 spiro atoms. The summed E-state index contributed by atoms with van der Waals surface area (Å²) in [4.78, 5) is 10.7. The van der Waals surface area contributed by atoms with Crippen molar-refractivity contribution in [2.24, 2.45) is 0 Å². The Bertz CT molecular complexity index is 888. The molecule has 0 heterocycles. The lowest BCUT2D eigenvalue weighted by Crippen LogP contribution is -2.03. The average molecular weight is 390 g/mol. The van der Waals surface area contributed by atoms with Crippen molar-refractivity contribution < 1.29 is 19.4 Å². The lowest BCUT2D eigenvalue weighted by molar-refractivity contribution is -0.136. The van der Waals surface area contributed by atoms with Gasteiger partial charge in [0, 0.05) is 6.42 Å². The molecule has 0 radical (unpaired) electrons. The summed E-state index contributed by atoms with van der Waals surface area (Å²) in [7, 11) is 0. The maximum Gasteiger partial charge on any atom is 0.303 e. The summed E-state index contributed by atoms with van der Waals surface area (Å²) in [6.07, 6.45) is 2.61. The van der Waals surface area contributed by atoms with E-state index in [1.165, 1.54) is 5.56 Å². The summed E-state index contributed by atoms with van der Waals surface area (Å²) in [6, 6.07) is 25.9. The van der Waals surface area contributed by atoms with Crippen molar-refractivity contribution in [3.05, 3.63) is 95.6 Å². The van der Waals surface area contributed by atoms with E-state index in [-0.39, 0.29) is 6.42 Å². The van der Waals surface area contributed by atoms with E-state index in [4.69, 9.17) is 14.6 Å². The third-order valence-electron chi connectivity index (χ3n) is 4.60. The second-order valence-corrected chi connectivity index (χ2v) is 6.88. The van der Waals surface area contributed by atoms with Gasteiger partial charge in [-0.25, -0.2) is 0 Å². The summed E-state index contributed by atoms with van der Waals surface area (Å²) < 4.78 is 11.9. The van der Waals surface area contributed by atoms with E-state index in [1.807, 2.05) is 54.6 Å². The van der Waals surface area contributed by atoms with Crippen LogP contribution in [0, 0.1) is 0 Å². The molecule has 0 saturated carbocycles. The number of ether oxygens (including phenoxy) is 2. The van der Waals surface area contributed by atoms with Crippen molar-refractivity contribution in [2.45, 2.75) is 32.3 Å². The molecule has 0 atom stereocenters. The van der Waals surface area contributed by atoms with E-state index in [0.29, 0.717) is 19.6 Å². The second-order valence-electron chi connectivity index (χ2n) is 6.88. The molecule has 0 aliphatic rings. The van der Waals surface area contributed by atoms with Gasteiger partial charge in [-0.1, -0.05) is 66.7 Å². The maximum atomic E-state index is 10.7. The van der Waals surface area contributed by atoms with Crippen LogP contribution >= 0.6 is 0 Å². The lowest BCUT2D eigenvalue weighted by Gasteiger charge is -2.13. The molecule has 0 bridgehead atoms. The summed E-state index contributed by atoms with van der Waals surface area (Å²) in [6.45, 7) is 1.07. The molecule has 0 fully saturated rings. The summed E-state index contributed by atoms with van der Waals surface area (Å²) in [5, 5.41) is 8.77. The van der Waals surface area contributed by atoms with Crippen LogP contribution in [0.4, 0.5) is 0 Å². The average Bonchev–Trinajstić information content (AvgIpc) is 2.76. The number of para-hydroxylation sites is 2. The van der Waals surface area contributed by atoms with Crippen LogP contribution in [0.5, 0.6) is 11.5 Å². The Morgan fingerprint density at radius 1 is 0.690 bits per heavy atom. The van der Waals surface area contributed by atoms with Gasteiger partial charge in [-0.2, -0.15) is 0 Å². The van der Waals surface area contributed by atoms with Gasteiger partial charge in [-0.05, 0) is 48.1 Å². The summed E-state index contributed by atoms with van der Waals surface area (Å²) in [5.41, 5.74) is 3.36. The van der Waals surface area contributed by atoms with Gasteiger partial charge in [-0.15, -0.1) is 0 Å². The summed E-state index contributed by atoms with van der Waals surface area (Å²) in [5.74, 6) is 0.693. The molecule has 0 aromatic heterocycles. The molecule has 0 saturated heterocycles. The first-order chi connectivity index (χ1) is 14.2. The molecule has 0 unspecified atom stereocenters. The molecular weight excluding hydrogens is 364 g/mol. The van der Waals surface area contributed by atoms with Gasteiger partial charge in [0.1, 0.15) is 6.61 Å². The van der Waals surface area contributed by atoms with Crippen molar-refractivity contribution in [1.82, 2.24) is 0 Å². The fourth-order valence-electron chi connectivity index (χ4n) is 3.01. The molecule has 4 nitrogen and oxygen atoms in total. The Morgan fingerprint density at radius 3 is 1.97 bits per heavy atom. The van der Waals surface area contributed by atoms with E-state index < -0.39 is 5.97 Å². The topological polar surface area (TPSA) is 55.8 Å². The smallest absolute Gasteiger partial charge is 0.303 e. The predicted molar refractivity (Wildman–Crippen MR) is 113 cm³/mol. The van der Waals surface area contributed by atoms with Crippen LogP contribution in [0.15, 0.2) is 78.9 Å². The van der Waals surface area contributed by atoms with E-state index in [9.17, 15) is 4.79 Å². The van der Waals surface area contributed by atoms with Crippen LogP contribution in [-0.2, 0) is 24.2 Å². The van der Waals surface area contributed by atoms with Crippen molar-refractivity contribution in [3.8, 4) is 11.5 Å². The number of benzene rings is 3. The molecule has 0 aliphatic heterocycles. The van der Waals surface area contributed by atoms with Gasteiger partial charge >= 0.3 is 5.97 Å². The Morgan fingerprint density at radius 2 is 1.28 bits per heavy atom. The molecule has 4 heteroatoms. The Balaban J connectivity index is 1.48. The zero-order chi connectivity index (χ0) is 20.3. The number of carboxylic acid groups (broad SMARTS) is 1. The molecule has 1 N–H and O–H groups in total. The van der Waals surface area contributed by atoms with E-state index in [1.54, 1.807) is 0 Å². The molecule has 29 heavy (non-hydrogen) atoms. The summed E-state index contributed by atoms with van der Waals surface area (Å²) >= 11 is 0. The van der Waals surface area contributed by atoms with Gasteiger partial charge in [-0.3, -0.25) is 4.79 Å². The fraction of sp³-hybridized carbons (Fsp3) is 0.240. The van der Waals surface area contributed by atoms with E-state index >= 15 is 0 Å². The third kappa shape index (κ3) is 7.00. The van der Waals surface area contributed by atoms with Crippen LogP contribution in [0.25, 0.3) is 0 Å². The molecule has 0 amide bonds. The van der Waals surface area contributed by atoms with Crippen LogP contribution in [0.1, 0.15) is 29.5 Å². The highest BCUT2D eigenvalue weighted by Gasteiger charge is 2.05. The number of aliphatic carboxylic acids is 1. The first-order valence-electron chi connectivity index (χ1n) is 9.89. The number of rotatable bonds is 11. The first-order valence-corrected chi connectivity index (χ1v) is 9.89. The molecular formula is C25H26O4. The predicted octanol–water partition coefficient (Wildman–Crippen LogP) is 5.29. The van der Waals surface area contributed by atoms with Gasteiger partial charge in [0.15, 0.2) is 11.5 Å². The zero-order valence-corrected chi connectivity index (χ0v) is 16.4.